The molecule has 1 N–H and O–H groups in total. The van der Waals surface area contributed by atoms with Crippen molar-refractivity contribution in [2.75, 3.05) is 5.32 Å². The maximum absolute atomic E-state index is 12.5. The maximum atomic E-state index is 12.5. The van der Waals surface area contributed by atoms with Gasteiger partial charge in [0, 0.05) is 23.4 Å². The molecule has 0 unspecified atom stereocenters. The van der Waals surface area contributed by atoms with Gasteiger partial charge in [0.15, 0.2) is 11.9 Å². The van der Waals surface area contributed by atoms with Gasteiger partial charge in [0.25, 0.3) is 5.91 Å². The van der Waals surface area contributed by atoms with Crippen molar-refractivity contribution in [2.45, 2.75) is 53.0 Å². The summed E-state index contributed by atoms with van der Waals surface area (Å²) in [5.41, 5.74) is 4.07. The molecule has 1 aliphatic rings. The third-order valence-electron chi connectivity index (χ3n) is 4.91. The third kappa shape index (κ3) is 3.74. The molecule has 0 aliphatic heterocycles. The molecule has 25 heavy (non-hydrogen) atoms. The number of pyridine rings is 1. The SMILES string of the molecule is CCc1ccc(C)[n+](CC(=O)Nc2sc3c(c2C#N)CC[C@@H](C)C3)c1. The minimum Gasteiger partial charge on any atom is -0.311 e. The van der Waals surface area contributed by atoms with Crippen LogP contribution in [0, 0.1) is 24.2 Å². The van der Waals surface area contributed by atoms with Crippen molar-refractivity contribution >= 4 is 22.2 Å². The zero-order valence-corrected chi connectivity index (χ0v) is 15.9. The highest BCUT2D eigenvalue weighted by molar-refractivity contribution is 7.16. The molecule has 2 aromatic rings. The zero-order chi connectivity index (χ0) is 18.0. The first kappa shape index (κ1) is 17.6. The summed E-state index contributed by atoms with van der Waals surface area (Å²) in [5, 5.41) is 13.2. The van der Waals surface area contributed by atoms with Gasteiger partial charge in [-0.2, -0.15) is 9.83 Å². The summed E-state index contributed by atoms with van der Waals surface area (Å²) in [6.45, 7) is 6.61. The van der Waals surface area contributed by atoms with Gasteiger partial charge in [-0.25, -0.2) is 0 Å². The molecule has 0 spiro atoms. The Morgan fingerprint density at radius 2 is 2.28 bits per heavy atom. The molecule has 0 aromatic carbocycles. The first-order valence-electron chi connectivity index (χ1n) is 8.85. The average molecular weight is 354 g/mol. The first-order valence-corrected chi connectivity index (χ1v) is 9.67. The number of aromatic nitrogens is 1. The number of carbonyl (C=O) groups is 1. The molecule has 2 aromatic heterocycles. The largest absolute Gasteiger partial charge is 0.311 e. The fraction of sp³-hybridized carbons (Fsp3) is 0.450. The van der Waals surface area contributed by atoms with E-state index in [2.05, 4.69) is 31.3 Å². The number of nitrogens with one attached hydrogen (secondary N) is 1. The summed E-state index contributed by atoms with van der Waals surface area (Å²) in [6, 6.07) is 6.44. The number of hydrogen-bond donors (Lipinski definition) is 1. The predicted molar refractivity (Wildman–Crippen MR) is 99.6 cm³/mol. The number of carbonyl (C=O) groups excluding carboxylic acids is 1. The molecule has 1 aliphatic carbocycles. The Balaban J connectivity index is 1.79. The number of amides is 1. The summed E-state index contributed by atoms with van der Waals surface area (Å²) < 4.78 is 1.97. The maximum Gasteiger partial charge on any atom is 0.290 e. The van der Waals surface area contributed by atoms with Crippen LogP contribution in [0.5, 0.6) is 0 Å². The molecule has 130 valence electrons. The van der Waals surface area contributed by atoms with Crippen molar-refractivity contribution < 1.29 is 9.36 Å². The zero-order valence-electron chi connectivity index (χ0n) is 15.1. The van der Waals surface area contributed by atoms with Crippen molar-refractivity contribution in [2.24, 2.45) is 5.92 Å². The van der Waals surface area contributed by atoms with Crippen LogP contribution in [0.2, 0.25) is 0 Å². The first-order chi connectivity index (χ1) is 12.0. The van der Waals surface area contributed by atoms with Crippen LogP contribution in [0.15, 0.2) is 18.3 Å². The van der Waals surface area contributed by atoms with E-state index in [-0.39, 0.29) is 12.5 Å². The van der Waals surface area contributed by atoms with E-state index < -0.39 is 0 Å². The molecule has 2 heterocycles. The number of thiophene rings is 1. The van der Waals surface area contributed by atoms with Crippen molar-refractivity contribution in [1.29, 1.82) is 5.26 Å². The number of anilines is 1. The van der Waals surface area contributed by atoms with Gasteiger partial charge >= 0.3 is 0 Å². The number of nitriles is 1. The van der Waals surface area contributed by atoms with Crippen LogP contribution >= 0.6 is 11.3 Å². The van der Waals surface area contributed by atoms with E-state index in [1.165, 1.54) is 10.4 Å². The van der Waals surface area contributed by atoms with Crippen molar-refractivity contribution in [3.63, 3.8) is 0 Å². The highest BCUT2D eigenvalue weighted by Crippen LogP contribution is 2.39. The van der Waals surface area contributed by atoms with Gasteiger partial charge in [-0.1, -0.05) is 13.8 Å². The quantitative estimate of drug-likeness (QED) is 0.854. The topological polar surface area (TPSA) is 56.8 Å². The van der Waals surface area contributed by atoms with Gasteiger partial charge in [-0.15, -0.1) is 11.3 Å². The summed E-state index contributed by atoms with van der Waals surface area (Å²) in [5.74, 6) is 0.570. The Morgan fingerprint density at radius 3 is 3.00 bits per heavy atom. The van der Waals surface area contributed by atoms with E-state index >= 15 is 0 Å². The van der Waals surface area contributed by atoms with Gasteiger partial charge in [0.2, 0.25) is 6.54 Å². The van der Waals surface area contributed by atoms with Crippen LogP contribution < -0.4 is 9.88 Å². The van der Waals surface area contributed by atoms with Crippen LogP contribution in [-0.2, 0) is 30.6 Å². The van der Waals surface area contributed by atoms with Crippen LogP contribution in [-0.4, -0.2) is 5.91 Å². The molecular weight excluding hydrogens is 330 g/mol. The van der Waals surface area contributed by atoms with Crippen LogP contribution in [0.3, 0.4) is 0 Å². The minimum absolute atomic E-state index is 0.0792. The third-order valence-corrected chi connectivity index (χ3v) is 6.08. The van der Waals surface area contributed by atoms with Gasteiger partial charge < -0.3 is 5.32 Å². The molecule has 3 rings (SSSR count). The number of aryl methyl sites for hydroxylation is 2. The fourth-order valence-electron chi connectivity index (χ4n) is 3.33. The van der Waals surface area contributed by atoms with Crippen LogP contribution in [0.25, 0.3) is 0 Å². The van der Waals surface area contributed by atoms with E-state index in [0.717, 1.165) is 41.9 Å². The monoisotopic (exact) mass is 354 g/mol. The van der Waals surface area contributed by atoms with E-state index in [9.17, 15) is 10.1 Å². The molecule has 0 radical (unpaired) electrons. The number of nitrogens with zero attached hydrogens (tertiary/aromatic N) is 2. The van der Waals surface area contributed by atoms with Crippen molar-refractivity contribution in [1.82, 2.24) is 0 Å². The molecule has 1 amide bonds. The minimum atomic E-state index is -0.0792. The van der Waals surface area contributed by atoms with Gasteiger partial charge in [-0.3, -0.25) is 4.79 Å². The van der Waals surface area contributed by atoms with Crippen molar-refractivity contribution in [3.8, 4) is 6.07 Å². The summed E-state index contributed by atoms with van der Waals surface area (Å²) in [4.78, 5) is 13.8. The molecule has 5 heteroatoms. The molecule has 1 atom stereocenters. The average Bonchev–Trinajstić information content (AvgIpc) is 2.92. The lowest BCUT2D eigenvalue weighted by atomic mass is 9.89. The van der Waals surface area contributed by atoms with E-state index in [1.54, 1.807) is 11.3 Å². The lowest BCUT2D eigenvalue weighted by molar-refractivity contribution is -0.690. The Morgan fingerprint density at radius 1 is 1.48 bits per heavy atom. The Kier molecular flexibility index (Phi) is 5.19. The van der Waals surface area contributed by atoms with Gasteiger partial charge in [0.1, 0.15) is 11.1 Å². The predicted octanol–water partition coefficient (Wildman–Crippen LogP) is 3.54. The normalized spacial score (nSPS) is 16.2. The van der Waals surface area contributed by atoms with Crippen LogP contribution in [0.4, 0.5) is 5.00 Å². The summed E-state index contributed by atoms with van der Waals surface area (Å²) in [7, 11) is 0. The van der Waals surface area contributed by atoms with Gasteiger partial charge in [0.05, 0.1) is 5.56 Å². The standard InChI is InChI=1S/C20H23N3OS/c1-4-15-7-6-14(3)23(11-15)12-19(24)22-20-17(10-21)16-8-5-13(2)9-18(16)25-20/h6-7,11,13H,4-5,8-9,12H2,1-3H3/p+1/t13-/m1/s1. The second-order valence-corrected chi connectivity index (χ2v) is 7.98. The molecule has 0 saturated heterocycles. The van der Waals surface area contributed by atoms with E-state index in [4.69, 9.17) is 0 Å². The highest BCUT2D eigenvalue weighted by atomic mass is 32.1. The highest BCUT2D eigenvalue weighted by Gasteiger charge is 2.25. The molecule has 0 saturated carbocycles. The second kappa shape index (κ2) is 7.37. The number of fused-ring (bicyclic) bond motifs is 1. The lowest BCUT2D eigenvalue weighted by Crippen LogP contribution is -2.43. The van der Waals surface area contributed by atoms with E-state index in [0.29, 0.717) is 11.5 Å². The Labute approximate surface area is 153 Å². The summed E-state index contributed by atoms with van der Waals surface area (Å²) >= 11 is 1.58. The molecule has 0 fully saturated rings. The molecule has 0 bridgehead atoms. The Hall–Kier alpha value is -2.19. The molecular formula is C20H24N3OS+. The van der Waals surface area contributed by atoms with Crippen LogP contribution in [0.1, 0.15) is 47.5 Å². The Bertz CT molecular complexity index is 847. The van der Waals surface area contributed by atoms with Gasteiger partial charge in [-0.05, 0) is 43.2 Å². The number of hydrogen-bond acceptors (Lipinski definition) is 3. The van der Waals surface area contributed by atoms with E-state index in [1.807, 2.05) is 23.8 Å². The number of rotatable bonds is 4. The fourth-order valence-corrected chi connectivity index (χ4v) is 4.70. The second-order valence-electron chi connectivity index (χ2n) is 6.88. The lowest BCUT2D eigenvalue weighted by Gasteiger charge is -2.17. The molecule has 4 nitrogen and oxygen atoms in total. The smallest absolute Gasteiger partial charge is 0.290 e. The van der Waals surface area contributed by atoms with Crippen molar-refractivity contribution in [3.05, 3.63) is 45.6 Å². The summed E-state index contributed by atoms with van der Waals surface area (Å²) in [6.07, 6.45) is 6.04.